The maximum absolute atomic E-state index is 12.6. The predicted octanol–water partition coefficient (Wildman–Crippen LogP) is 4.38. The van der Waals surface area contributed by atoms with E-state index in [0.717, 1.165) is 11.1 Å². The van der Waals surface area contributed by atoms with E-state index >= 15 is 0 Å². The van der Waals surface area contributed by atoms with Crippen LogP contribution in [-0.2, 0) is 6.54 Å². The molecule has 3 rings (SSSR count). The molecule has 0 fully saturated rings. The minimum Gasteiger partial charge on any atom is -0.348 e. The van der Waals surface area contributed by atoms with Crippen molar-refractivity contribution >= 4 is 23.3 Å². The van der Waals surface area contributed by atoms with Crippen molar-refractivity contribution in [2.24, 2.45) is 0 Å². The summed E-state index contributed by atoms with van der Waals surface area (Å²) in [5.41, 5.74) is 3.95. The largest absolute Gasteiger partial charge is 0.348 e. The SMILES string of the molecule is CC(=O)c1cccc(NC(=O)c2cccc(C(=O)NCc3cccc(C)c3)c2)c1. The highest BCUT2D eigenvalue weighted by Crippen LogP contribution is 2.14. The molecule has 0 saturated carbocycles. The van der Waals surface area contributed by atoms with E-state index in [1.807, 2.05) is 31.2 Å². The van der Waals surface area contributed by atoms with Crippen LogP contribution >= 0.6 is 0 Å². The van der Waals surface area contributed by atoms with Crippen molar-refractivity contribution in [2.45, 2.75) is 20.4 Å². The van der Waals surface area contributed by atoms with E-state index in [-0.39, 0.29) is 17.6 Å². The number of ketones is 1. The molecule has 2 amide bonds. The fourth-order valence-corrected chi connectivity index (χ4v) is 2.93. The summed E-state index contributed by atoms with van der Waals surface area (Å²) in [7, 11) is 0. The first-order chi connectivity index (χ1) is 13.9. The molecule has 5 heteroatoms. The molecular weight excluding hydrogens is 364 g/mol. The maximum Gasteiger partial charge on any atom is 0.255 e. The summed E-state index contributed by atoms with van der Waals surface area (Å²) in [6, 6.07) is 21.2. The van der Waals surface area contributed by atoms with Gasteiger partial charge in [0.05, 0.1) is 0 Å². The van der Waals surface area contributed by atoms with Crippen LogP contribution in [0.5, 0.6) is 0 Å². The van der Waals surface area contributed by atoms with Crippen LogP contribution in [0.3, 0.4) is 0 Å². The van der Waals surface area contributed by atoms with Gasteiger partial charge in [0, 0.05) is 28.9 Å². The second-order valence-electron chi connectivity index (χ2n) is 6.84. The van der Waals surface area contributed by atoms with Gasteiger partial charge in [0.25, 0.3) is 11.8 Å². The number of anilines is 1. The molecule has 0 bridgehead atoms. The Kier molecular flexibility index (Phi) is 6.19. The third-order valence-corrected chi connectivity index (χ3v) is 4.45. The van der Waals surface area contributed by atoms with Crippen LogP contribution < -0.4 is 10.6 Å². The summed E-state index contributed by atoms with van der Waals surface area (Å²) in [4.78, 5) is 36.5. The van der Waals surface area contributed by atoms with Gasteiger partial charge in [0.2, 0.25) is 0 Å². The molecule has 0 saturated heterocycles. The number of amides is 2. The molecule has 5 nitrogen and oxygen atoms in total. The Hall–Kier alpha value is -3.73. The molecule has 0 heterocycles. The molecule has 29 heavy (non-hydrogen) atoms. The zero-order chi connectivity index (χ0) is 20.8. The number of Topliss-reactive ketones (excluding diaryl/α,β-unsaturated/α-hetero) is 1. The molecule has 0 aliphatic rings. The first-order valence-corrected chi connectivity index (χ1v) is 9.28. The number of nitrogens with one attached hydrogen (secondary N) is 2. The van der Waals surface area contributed by atoms with Crippen molar-refractivity contribution in [2.75, 3.05) is 5.32 Å². The summed E-state index contributed by atoms with van der Waals surface area (Å²) in [5, 5.41) is 5.63. The lowest BCUT2D eigenvalue weighted by atomic mass is 10.1. The first kappa shape index (κ1) is 20.0. The molecule has 146 valence electrons. The molecule has 0 aromatic heterocycles. The van der Waals surface area contributed by atoms with Crippen LogP contribution in [0.15, 0.2) is 72.8 Å². The van der Waals surface area contributed by atoms with Crippen molar-refractivity contribution in [3.63, 3.8) is 0 Å². The van der Waals surface area contributed by atoms with Crippen LogP contribution in [0.25, 0.3) is 0 Å². The number of aryl methyl sites for hydroxylation is 1. The molecule has 3 aromatic rings. The first-order valence-electron chi connectivity index (χ1n) is 9.28. The summed E-state index contributed by atoms with van der Waals surface area (Å²) >= 11 is 0. The molecule has 0 unspecified atom stereocenters. The van der Waals surface area contributed by atoms with E-state index in [1.165, 1.54) is 6.92 Å². The Labute approximate surface area is 169 Å². The van der Waals surface area contributed by atoms with E-state index in [4.69, 9.17) is 0 Å². The highest BCUT2D eigenvalue weighted by Gasteiger charge is 2.11. The normalized spacial score (nSPS) is 10.3. The standard InChI is InChI=1S/C24H22N2O3/c1-16-6-3-7-18(12-16)15-25-23(28)20-9-4-10-21(13-20)24(29)26-22-11-5-8-19(14-22)17(2)27/h3-14H,15H2,1-2H3,(H,25,28)(H,26,29). The van der Waals surface area contributed by atoms with E-state index in [9.17, 15) is 14.4 Å². The van der Waals surface area contributed by atoms with Gasteiger partial charge in [-0.1, -0.05) is 48.0 Å². The van der Waals surface area contributed by atoms with Gasteiger partial charge >= 0.3 is 0 Å². The third-order valence-electron chi connectivity index (χ3n) is 4.45. The molecule has 0 spiro atoms. The highest BCUT2D eigenvalue weighted by atomic mass is 16.2. The number of benzene rings is 3. The fourth-order valence-electron chi connectivity index (χ4n) is 2.93. The van der Waals surface area contributed by atoms with Gasteiger partial charge in [0.15, 0.2) is 5.78 Å². The lowest BCUT2D eigenvalue weighted by Gasteiger charge is -2.09. The van der Waals surface area contributed by atoms with Crippen LogP contribution in [0.1, 0.15) is 49.1 Å². The van der Waals surface area contributed by atoms with Crippen molar-refractivity contribution in [1.29, 1.82) is 0 Å². The van der Waals surface area contributed by atoms with Crippen molar-refractivity contribution in [1.82, 2.24) is 5.32 Å². The molecule has 0 aliphatic heterocycles. The molecular formula is C24H22N2O3. The van der Waals surface area contributed by atoms with E-state index < -0.39 is 0 Å². The lowest BCUT2D eigenvalue weighted by Crippen LogP contribution is -2.23. The van der Waals surface area contributed by atoms with Crippen LogP contribution in [0.2, 0.25) is 0 Å². The minimum atomic E-state index is -0.348. The number of rotatable bonds is 6. The smallest absolute Gasteiger partial charge is 0.255 e. The van der Waals surface area contributed by atoms with Gasteiger partial charge in [-0.15, -0.1) is 0 Å². The quantitative estimate of drug-likeness (QED) is 0.618. The predicted molar refractivity (Wildman–Crippen MR) is 113 cm³/mol. The number of carbonyl (C=O) groups excluding carboxylic acids is 3. The maximum atomic E-state index is 12.6. The number of carbonyl (C=O) groups is 3. The fraction of sp³-hybridized carbons (Fsp3) is 0.125. The third kappa shape index (κ3) is 5.39. The average Bonchev–Trinajstić information content (AvgIpc) is 2.72. The zero-order valence-electron chi connectivity index (χ0n) is 16.4. The van der Waals surface area contributed by atoms with Gasteiger partial charge in [-0.05, 0) is 49.7 Å². The Bertz CT molecular complexity index is 1070. The van der Waals surface area contributed by atoms with Crippen molar-refractivity contribution in [3.8, 4) is 0 Å². The van der Waals surface area contributed by atoms with E-state index in [0.29, 0.717) is 28.9 Å². The van der Waals surface area contributed by atoms with E-state index in [2.05, 4.69) is 10.6 Å². The van der Waals surface area contributed by atoms with Gasteiger partial charge < -0.3 is 10.6 Å². The number of hydrogen-bond donors (Lipinski definition) is 2. The minimum absolute atomic E-state index is 0.0756. The Morgan fingerprint density at radius 3 is 2.14 bits per heavy atom. The lowest BCUT2D eigenvalue weighted by molar-refractivity contribution is 0.0950. The van der Waals surface area contributed by atoms with Crippen molar-refractivity contribution in [3.05, 3.63) is 101 Å². The van der Waals surface area contributed by atoms with Crippen LogP contribution in [-0.4, -0.2) is 17.6 Å². The summed E-state index contributed by atoms with van der Waals surface area (Å²) < 4.78 is 0. The molecule has 2 N–H and O–H groups in total. The molecule has 0 aliphatic carbocycles. The van der Waals surface area contributed by atoms with Crippen LogP contribution in [0, 0.1) is 6.92 Å². The van der Waals surface area contributed by atoms with Crippen LogP contribution in [0.4, 0.5) is 5.69 Å². The van der Waals surface area contributed by atoms with E-state index in [1.54, 1.807) is 48.5 Å². The molecule has 0 atom stereocenters. The summed E-state index contributed by atoms with van der Waals surface area (Å²) in [6.45, 7) is 3.88. The summed E-state index contributed by atoms with van der Waals surface area (Å²) in [6.07, 6.45) is 0. The monoisotopic (exact) mass is 386 g/mol. The highest BCUT2D eigenvalue weighted by molar-refractivity contribution is 6.06. The Balaban J connectivity index is 1.68. The number of hydrogen-bond acceptors (Lipinski definition) is 3. The average molecular weight is 386 g/mol. The molecule has 3 aromatic carbocycles. The molecule has 0 radical (unpaired) electrons. The Morgan fingerprint density at radius 1 is 0.759 bits per heavy atom. The van der Waals surface area contributed by atoms with Gasteiger partial charge in [0.1, 0.15) is 0 Å². The second-order valence-corrected chi connectivity index (χ2v) is 6.84. The van der Waals surface area contributed by atoms with Gasteiger partial charge in [-0.3, -0.25) is 14.4 Å². The van der Waals surface area contributed by atoms with Gasteiger partial charge in [-0.2, -0.15) is 0 Å². The summed E-state index contributed by atoms with van der Waals surface area (Å²) in [5.74, 6) is -0.674. The second kappa shape index (κ2) is 8.97. The zero-order valence-corrected chi connectivity index (χ0v) is 16.4. The van der Waals surface area contributed by atoms with Crippen molar-refractivity contribution < 1.29 is 14.4 Å². The Morgan fingerprint density at radius 2 is 1.41 bits per heavy atom. The van der Waals surface area contributed by atoms with Gasteiger partial charge in [-0.25, -0.2) is 0 Å². The topological polar surface area (TPSA) is 75.3 Å².